The number of ether oxygens (including phenoxy) is 1. The van der Waals surface area contributed by atoms with Crippen molar-refractivity contribution in [2.45, 2.75) is 52.3 Å². The zero-order chi connectivity index (χ0) is 17.8. The molecule has 0 saturated carbocycles. The van der Waals surface area contributed by atoms with Crippen LogP contribution in [0.15, 0.2) is 30.3 Å². The Bertz CT molecular complexity index is 541. The smallest absolute Gasteiger partial charge is 0.407 e. The van der Waals surface area contributed by atoms with Crippen molar-refractivity contribution in [1.29, 1.82) is 0 Å². The van der Waals surface area contributed by atoms with Gasteiger partial charge in [0, 0.05) is 24.0 Å². The van der Waals surface area contributed by atoms with E-state index in [0.29, 0.717) is 6.54 Å². The van der Waals surface area contributed by atoms with Gasteiger partial charge in [-0.05, 0) is 39.3 Å². The molecule has 2 atom stereocenters. The number of aliphatic hydroxyl groups excluding tert-OH is 1. The first kappa shape index (κ1) is 18.7. The lowest BCUT2D eigenvalue weighted by Gasteiger charge is -2.43. The summed E-state index contributed by atoms with van der Waals surface area (Å²) in [6.45, 7) is 10.3. The highest BCUT2D eigenvalue weighted by Crippen LogP contribution is 2.32. The first-order chi connectivity index (χ1) is 11.2. The summed E-state index contributed by atoms with van der Waals surface area (Å²) in [6, 6.07) is 10.3. The number of piperidine rings is 1. The van der Waals surface area contributed by atoms with E-state index in [1.165, 1.54) is 5.56 Å². The quantitative estimate of drug-likeness (QED) is 0.889. The molecular weight excluding hydrogens is 304 g/mol. The Labute approximate surface area is 145 Å². The molecule has 0 spiro atoms. The van der Waals surface area contributed by atoms with Gasteiger partial charge in [0.1, 0.15) is 6.61 Å². The summed E-state index contributed by atoms with van der Waals surface area (Å²) in [4.78, 5) is 14.1. The molecule has 2 rings (SSSR count). The average molecular weight is 334 g/mol. The summed E-state index contributed by atoms with van der Waals surface area (Å²) in [5.41, 5.74) is 0.520. The van der Waals surface area contributed by atoms with E-state index in [1.807, 2.05) is 45.9 Å². The maximum Gasteiger partial charge on any atom is 0.407 e. The Kier molecular flexibility index (Phi) is 5.88. The Balaban J connectivity index is 1.84. The van der Waals surface area contributed by atoms with Crippen molar-refractivity contribution in [2.75, 3.05) is 19.7 Å². The van der Waals surface area contributed by atoms with Gasteiger partial charge in [0.15, 0.2) is 0 Å². The average Bonchev–Trinajstić information content (AvgIpc) is 2.49. The fourth-order valence-corrected chi connectivity index (χ4v) is 2.86. The third-order valence-electron chi connectivity index (χ3n) is 4.49. The minimum Gasteiger partial charge on any atom is -0.449 e. The van der Waals surface area contributed by atoms with Crippen molar-refractivity contribution in [2.24, 2.45) is 5.41 Å². The zero-order valence-electron chi connectivity index (χ0n) is 15.2. The van der Waals surface area contributed by atoms with Gasteiger partial charge in [-0.2, -0.15) is 0 Å². The Morgan fingerprint density at radius 2 is 2.04 bits per heavy atom. The van der Waals surface area contributed by atoms with E-state index in [2.05, 4.69) is 22.3 Å². The van der Waals surface area contributed by atoms with Crippen LogP contribution >= 0.6 is 0 Å². The maximum absolute atomic E-state index is 11.8. The third kappa shape index (κ3) is 5.49. The van der Waals surface area contributed by atoms with E-state index in [4.69, 9.17) is 4.74 Å². The number of β-amino-alcohol motifs (C(OH)–C–C–N with tert-alkyl or cyclic N) is 1. The fraction of sp³-hybridized carbons (Fsp3) is 0.632. The van der Waals surface area contributed by atoms with Gasteiger partial charge in [-0.25, -0.2) is 4.79 Å². The molecule has 5 heteroatoms. The van der Waals surface area contributed by atoms with Gasteiger partial charge in [-0.3, -0.25) is 4.90 Å². The van der Waals surface area contributed by atoms with Crippen LogP contribution < -0.4 is 5.32 Å². The second kappa shape index (κ2) is 7.53. The summed E-state index contributed by atoms with van der Waals surface area (Å²) in [5, 5.41) is 13.3. The molecule has 0 aliphatic carbocycles. The van der Waals surface area contributed by atoms with Gasteiger partial charge in [-0.15, -0.1) is 0 Å². The Hall–Kier alpha value is -1.59. The van der Waals surface area contributed by atoms with Crippen LogP contribution in [-0.4, -0.2) is 47.4 Å². The number of alkyl carbamates (subject to hydrolysis) is 1. The lowest BCUT2D eigenvalue weighted by atomic mass is 9.78. The highest BCUT2D eigenvalue weighted by atomic mass is 16.5. The minimum absolute atomic E-state index is 0.231. The van der Waals surface area contributed by atoms with Crippen LogP contribution in [0.3, 0.4) is 0 Å². The molecule has 0 radical (unpaired) electrons. The molecule has 1 aromatic rings. The van der Waals surface area contributed by atoms with Crippen LogP contribution in [0.2, 0.25) is 0 Å². The van der Waals surface area contributed by atoms with E-state index in [-0.39, 0.29) is 12.1 Å². The Morgan fingerprint density at radius 3 is 2.62 bits per heavy atom. The molecule has 1 aliphatic heterocycles. The lowest BCUT2D eigenvalue weighted by Crippen LogP contribution is -2.52. The topological polar surface area (TPSA) is 61.8 Å². The number of rotatable bonds is 4. The molecule has 24 heavy (non-hydrogen) atoms. The van der Waals surface area contributed by atoms with Gasteiger partial charge in [0.05, 0.1) is 6.10 Å². The second-order valence-electron chi connectivity index (χ2n) is 8.09. The van der Waals surface area contributed by atoms with E-state index < -0.39 is 17.6 Å². The number of aliphatic hydroxyl groups is 1. The van der Waals surface area contributed by atoms with Gasteiger partial charge in [0.25, 0.3) is 0 Å². The predicted molar refractivity (Wildman–Crippen MR) is 94.7 cm³/mol. The van der Waals surface area contributed by atoms with Gasteiger partial charge in [-0.1, -0.05) is 37.3 Å². The summed E-state index contributed by atoms with van der Waals surface area (Å²) in [5.74, 6) is 0. The predicted octanol–water partition coefficient (Wildman–Crippen LogP) is 2.78. The van der Waals surface area contributed by atoms with Crippen molar-refractivity contribution in [3.05, 3.63) is 35.9 Å². The second-order valence-corrected chi connectivity index (χ2v) is 8.09. The SMILES string of the molecule is CC(C)(C)NC(=O)OCC1(C)CCN(Cc2ccccc2)CC1O. The number of likely N-dealkylation sites (tertiary alicyclic amines) is 1. The highest BCUT2D eigenvalue weighted by Gasteiger charge is 2.39. The molecule has 1 fully saturated rings. The van der Waals surface area contributed by atoms with Crippen molar-refractivity contribution in [3.8, 4) is 0 Å². The Morgan fingerprint density at radius 1 is 1.38 bits per heavy atom. The number of amides is 1. The number of nitrogens with one attached hydrogen (secondary N) is 1. The number of carbonyl (C=O) groups excluding carboxylic acids is 1. The monoisotopic (exact) mass is 334 g/mol. The number of nitrogens with zero attached hydrogens (tertiary/aromatic N) is 1. The molecule has 134 valence electrons. The number of hydrogen-bond donors (Lipinski definition) is 2. The van der Waals surface area contributed by atoms with Crippen LogP contribution in [0.5, 0.6) is 0 Å². The van der Waals surface area contributed by atoms with Gasteiger partial charge >= 0.3 is 6.09 Å². The van der Waals surface area contributed by atoms with Crippen molar-refractivity contribution in [1.82, 2.24) is 10.2 Å². The van der Waals surface area contributed by atoms with Crippen LogP contribution in [-0.2, 0) is 11.3 Å². The van der Waals surface area contributed by atoms with Crippen LogP contribution in [0.25, 0.3) is 0 Å². The van der Waals surface area contributed by atoms with Crippen molar-refractivity contribution >= 4 is 6.09 Å². The van der Waals surface area contributed by atoms with Gasteiger partial charge < -0.3 is 15.2 Å². The zero-order valence-corrected chi connectivity index (χ0v) is 15.2. The standard InChI is InChI=1S/C19H30N2O3/c1-18(2,3)20-17(23)24-14-19(4)10-11-21(13-16(19)22)12-15-8-6-5-7-9-15/h5-9,16,22H,10-14H2,1-4H3,(H,20,23). The summed E-state index contributed by atoms with van der Waals surface area (Å²) >= 11 is 0. The van der Waals surface area contributed by atoms with E-state index >= 15 is 0 Å². The molecule has 5 nitrogen and oxygen atoms in total. The van der Waals surface area contributed by atoms with Crippen molar-refractivity contribution in [3.63, 3.8) is 0 Å². The first-order valence-electron chi connectivity index (χ1n) is 8.57. The van der Waals surface area contributed by atoms with Crippen LogP contribution in [0.1, 0.15) is 39.7 Å². The molecule has 1 aromatic carbocycles. The normalized spacial score (nSPS) is 25.3. The molecule has 1 heterocycles. The molecule has 1 amide bonds. The highest BCUT2D eigenvalue weighted by molar-refractivity contribution is 5.68. The van der Waals surface area contributed by atoms with Crippen molar-refractivity contribution < 1.29 is 14.6 Å². The number of hydrogen-bond acceptors (Lipinski definition) is 4. The van der Waals surface area contributed by atoms with E-state index in [9.17, 15) is 9.90 Å². The van der Waals surface area contributed by atoms with Crippen LogP contribution in [0.4, 0.5) is 4.79 Å². The first-order valence-corrected chi connectivity index (χ1v) is 8.57. The van der Waals surface area contributed by atoms with Gasteiger partial charge in [0.2, 0.25) is 0 Å². The number of carbonyl (C=O) groups is 1. The lowest BCUT2D eigenvalue weighted by molar-refractivity contribution is -0.0676. The molecular formula is C19H30N2O3. The van der Waals surface area contributed by atoms with E-state index in [0.717, 1.165) is 19.5 Å². The number of benzene rings is 1. The molecule has 2 unspecified atom stereocenters. The summed E-state index contributed by atoms with van der Waals surface area (Å²) in [6.07, 6.45) is -0.149. The molecule has 0 bridgehead atoms. The summed E-state index contributed by atoms with van der Waals surface area (Å²) < 4.78 is 5.36. The van der Waals surface area contributed by atoms with Crippen LogP contribution in [0, 0.1) is 5.41 Å². The molecule has 1 aliphatic rings. The largest absolute Gasteiger partial charge is 0.449 e. The molecule has 2 N–H and O–H groups in total. The minimum atomic E-state index is -0.516. The van der Waals surface area contributed by atoms with E-state index in [1.54, 1.807) is 0 Å². The molecule has 0 aromatic heterocycles. The maximum atomic E-state index is 11.8. The molecule has 1 saturated heterocycles. The third-order valence-corrected chi connectivity index (χ3v) is 4.49. The fourth-order valence-electron chi connectivity index (χ4n) is 2.86. The summed E-state index contributed by atoms with van der Waals surface area (Å²) in [7, 11) is 0.